The van der Waals surface area contributed by atoms with E-state index in [0.717, 1.165) is 31.0 Å². The predicted molar refractivity (Wildman–Crippen MR) is 110 cm³/mol. The molecule has 4 aromatic rings. The van der Waals surface area contributed by atoms with Crippen LogP contribution in [-0.2, 0) is 4.79 Å². The van der Waals surface area contributed by atoms with E-state index in [4.69, 9.17) is 0 Å². The van der Waals surface area contributed by atoms with Crippen LogP contribution in [0.5, 0.6) is 0 Å². The van der Waals surface area contributed by atoms with Gasteiger partial charge in [-0.25, -0.2) is 9.97 Å². The molecule has 27 heavy (non-hydrogen) atoms. The number of nitrogens with zero attached hydrogens (tertiary/aromatic N) is 4. The molecule has 0 spiro atoms. The highest BCUT2D eigenvalue weighted by Gasteiger charge is 2.12. The number of carbonyl (C=O) groups is 1. The Morgan fingerprint density at radius 1 is 1.11 bits per heavy atom. The minimum Gasteiger partial charge on any atom is -0.330 e. The zero-order valence-electron chi connectivity index (χ0n) is 14.4. The molecular weight excluding hydrogens is 400 g/mol. The van der Waals surface area contributed by atoms with E-state index in [1.807, 2.05) is 24.3 Å². The van der Waals surface area contributed by atoms with Gasteiger partial charge in [0.1, 0.15) is 16.2 Å². The summed E-state index contributed by atoms with van der Waals surface area (Å²) in [6.45, 7) is 3.54. The molecule has 0 radical (unpaired) electrons. The molecule has 1 aromatic carbocycles. The third-order valence-electron chi connectivity index (χ3n) is 3.44. The van der Waals surface area contributed by atoms with Crippen molar-refractivity contribution in [3.8, 4) is 0 Å². The normalized spacial score (nSPS) is 10.9. The van der Waals surface area contributed by atoms with Gasteiger partial charge in [-0.1, -0.05) is 17.4 Å². The number of amides is 1. The highest BCUT2D eigenvalue weighted by molar-refractivity contribution is 8.01. The van der Waals surface area contributed by atoms with Crippen molar-refractivity contribution in [3.05, 3.63) is 41.5 Å². The highest BCUT2D eigenvalue weighted by Crippen LogP contribution is 2.37. The fraction of sp³-hybridized carbons (Fsp3) is 0.118. The number of benzene rings is 1. The van der Waals surface area contributed by atoms with Gasteiger partial charge in [0.15, 0.2) is 4.34 Å². The Morgan fingerprint density at radius 2 is 1.96 bits per heavy atom. The number of anilines is 3. The summed E-state index contributed by atoms with van der Waals surface area (Å²) in [6.07, 6.45) is 1.58. The van der Waals surface area contributed by atoms with Crippen molar-refractivity contribution in [1.82, 2.24) is 20.2 Å². The summed E-state index contributed by atoms with van der Waals surface area (Å²) in [6, 6.07) is 9.54. The van der Waals surface area contributed by atoms with Crippen LogP contribution < -0.4 is 10.6 Å². The topological polar surface area (TPSA) is 92.7 Å². The number of nitrogens with one attached hydrogen (secondary N) is 2. The smallest absolute Gasteiger partial charge is 0.221 e. The van der Waals surface area contributed by atoms with Crippen LogP contribution in [0.3, 0.4) is 0 Å². The molecule has 136 valence electrons. The minimum absolute atomic E-state index is 0.110. The summed E-state index contributed by atoms with van der Waals surface area (Å²) >= 11 is 4.57. The third-order valence-corrected chi connectivity index (χ3v) is 6.31. The first-order valence-electron chi connectivity index (χ1n) is 7.94. The molecule has 0 fully saturated rings. The van der Waals surface area contributed by atoms with Crippen LogP contribution in [0.1, 0.15) is 11.8 Å². The summed E-state index contributed by atoms with van der Waals surface area (Å²) in [7, 11) is 0. The van der Waals surface area contributed by atoms with Gasteiger partial charge in [0.25, 0.3) is 0 Å². The maximum Gasteiger partial charge on any atom is 0.221 e. The Kier molecular flexibility index (Phi) is 5.01. The van der Waals surface area contributed by atoms with Crippen molar-refractivity contribution in [3.63, 3.8) is 0 Å². The zero-order chi connectivity index (χ0) is 18.8. The fourth-order valence-electron chi connectivity index (χ4n) is 2.42. The van der Waals surface area contributed by atoms with Crippen LogP contribution in [0.25, 0.3) is 10.2 Å². The first-order valence-corrected chi connectivity index (χ1v) is 10.4. The van der Waals surface area contributed by atoms with Gasteiger partial charge in [0.05, 0.1) is 0 Å². The van der Waals surface area contributed by atoms with Gasteiger partial charge in [-0.2, -0.15) is 0 Å². The van der Waals surface area contributed by atoms with Crippen molar-refractivity contribution in [1.29, 1.82) is 0 Å². The molecule has 3 aromatic heterocycles. The maximum absolute atomic E-state index is 11.2. The first kappa shape index (κ1) is 17.8. The number of thiophene rings is 1. The van der Waals surface area contributed by atoms with Crippen LogP contribution in [0.15, 0.2) is 46.0 Å². The van der Waals surface area contributed by atoms with Gasteiger partial charge >= 0.3 is 0 Å². The molecular formula is C17H14N6OS3. The molecule has 4 rings (SSSR count). The summed E-state index contributed by atoms with van der Waals surface area (Å²) in [5, 5.41) is 17.0. The van der Waals surface area contributed by atoms with Crippen LogP contribution in [0, 0.1) is 6.92 Å². The Labute approximate surface area is 167 Å². The van der Waals surface area contributed by atoms with Crippen molar-refractivity contribution in [2.45, 2.75) is 23.2 Å². The molecule has 2 N–H and O–H groups in total. The van der Waals surface area contributed by atoms with Gasteiger partial charge in [-0.05, 0) is 43.0 Å². The third kappa shape index (κ3) is 4.24. The highest BCUT2D eigenvalue weighted by atomic mass is 32.2. The van der Waals surface area contributed by atoms with Crippen molar-refractivity contribution in [2.24, 2.45) is 0 Å². The van der Waals surface area contributed by atoms with E-state index in [0.29, 0.717) is 5.13 Å². The Bertz CT molecular complexity index is 1120. The van der Waals surface area contributed by atoms with Crippen molar-refractivity contribution >= 4 is 67.1 Å². The van der Waals surface area contributed by atoms with E-state index >= 15 is 0 Å². The van der Waals surface area contributed by atoms with Crippen LogP contribution in [-0.4, -0.2) is 26.1 Å². The quantitative estimate of drug-likeness (QED) is 0.457. The molecule has 0 aliphatic rings. The maximum atomic E-state index is 11.2. The lowest BCUT2D eigenvalue weighted by Crippen LogP contribution is -2.05. The number of aromatic nitrogens is 4. The zero-order valence-corrected chi connectivity index (χ0v) is 16.8. The molecule has 3 heterocycles. The second-order valence-electron chi connectivity index (χ2n) is 5.62. The molecule has 1 amide bonds. The second kappa shape index (κ2) is 7.59. The average molecular weight is 415 g/mol. The lowest BCUT2D eigenvalue weighted by atomic mass is 10.3. The summed E-state index contributed by atoms with van der Waals surface area (Å²) in [5.41, 5.74) is 1.55. The first-order chi connectivity index (χ1) is 13.1. The molecule has 10 heteroatoms. The van der Waals surface area contributed by atoms with E-state index in [2.05, 4.69) is 43.8 Å². The average Bonchev–Trinajstić information content (AvgIpc) is 3.21. The number of hydrogen-bond acceptors (Lipinski definition) is 9. The second-order valence-corrected chi connectivity index (χ2v) is 9.07. The number of hydrogen-bond donors (Lipinski definition) is 2. The molecule has 0 saturated carbocycles. The summed E-state index contributed by atoms with van der Waals surface area (Å²) in [5.74, 6) is -0.110. The van der Waals surface area contributed by atoms with Crippen LogP contribution >= 0.6 is 34.4 Å². The molecule has 7 nitrogen and oxygen atoms in total. The molecule has 0 atom stereocenters. The number of fused-ring (bicyclic) bond motifs is 1. The van der Waals surface area contributed by atoms with Gasteiger partial charge < -0.3 is 10.6 Å². The predicted octanol–water partition coefficient (Wildman–Crippen LogP) is 4.70. The molecule has 0 bridgehead atoms. The molecule has 0 aliphatic carbocycles. The standard InChI is InChI=1S/C17H14N6OS3/c1-9-6-13-14(25-9)18-8-19-15(13)26-17-23-22-16(27-17)21-12-5-3-4-11(7-12)20-10(2)24/h3-8H,1-2H3,(H,20,24)(H,21,22). The molecule has 0 aliphatic heterocycles. The largest absolute Gasteiger partial charge is 0.330 e. The lowest BCUT2D eigenvalue weighted by Gasteiger charge is -2.05. The van der Waals surface area contributed by atoms with E-state index in [9.17, 15) is 4.79 Å². The summed E-state index contributed by atoms with van der Waals surface area (Å²) < 4.78 is 0.791. The van der Waals surface area contributed by atoms with E-state index in [-0.39, 0.29) is 5.91 Å². The SMILES string of the molecule is CC(=O)Nc1cccc(Nc2nnc(Sc3ncnc4sc(C)cc34)s2)c1. The van der Waals surface area contributed by atoms with Gasteiger partial charge in [-0.15, -0.1) is 21.5 Å². The Morgan fingerprint density at radius 3 is 2.81 bits per heavy atom. The van der Waals surface area contributed by atoms with Gasteiger partial charge in [-0.3, -0.25) is 4.79 Å². The van der Waals surface area contributed by atoms with Crippen molar-refractivity contribution in [2.75, 3.05) is 10.6 Å². The van der Waals surface area contributed by atoms with Crippen LogP contribution in [0.4, 0.5) is 16.5 Å². The fourth-order valence-corrected chi connectivity index (χ4v) is 5.08. The van der Waals surface area contributed by atoms with Crippen LogP contribution in [0.2, 0.25) is 0 Å². The van der Waals surface area contributed by atoms with Gasteiger partial charge in [0.2, 0.25) is 11.0 Å². The number of carbonyl (C=O) groups excluding carboxylic acids is 1. The van der Waals surface area contributed by atoms with E-state index in [1.54, 1.807) is 17.7 Å². The van der Waals surface area contributed by atoms with Gasteiger partial charge in [0, 0.05) is 28.6 Å². The van der Waals surface area contributed by atoms with E-state index < -0.39 is 0 Å². The molecule has 0 unspecified atom stereocenters. The van der Waals surface area contributed by atoms with Crippen molar-refractivity contribution < 1.29 is 4.79 Å². The number of rotatable bonds is 5. The number of aryl methyl sites for hydroxylation is 1. The monoisotopic (exact) mass is 414 g/mol. The Balaban J connectivity index is 1.51. The minimum atomic E-state index is -0.110. The molecule has 0 saturated heterocycles. The summed E-state index contributed by atoms with van der Waals surface area (Å²) in [4.78, 5) is 22.1. The lowest BCUT2D eigenvalue weighted by molar-refractivity contribution is -0.114. The Hall–Kier alpha value is -2.56. The van der Waals surface area contributed by atoms with E-state index in [1.165, 1.54) is 34.9 Å².